The zero-order valence-electron chi connectivity index (χ0n) is 16.3. The summed E-state index contributed by atoms with van der Waals surface area (Å²) in [5.74, 6) is 0.697. The lowest BCUT2D eigenvalue weighted by Gasteiger charge is -2.36. The zero-order chi connectivity index (χ0) is 18.1. The van der Waals surface area contributed by atoms with E-state index in [9.17, 15) is 0 Å². The highest BCUT2D eigenvalue weighted by Gasteiger charge is 2.24. The van der Waals surface area contributed by atoms with Gasteiger partial charge in [0.2, 0.25) is 0 Å². The Morgan fingerprint density at radius 1 is 0.962 bits per heavy atom. The van der Waals surface area contributed by atoms with Crippen molar-refractivity contribution in [3.63, 3.8) is 0 Å². The number of aromatic nitrogens is 1. The van der Waals surface area contributed by atoms with Crippen LogP contribution in [0.2, 0.25) is 0 Å². The highest BCUT2D eigenvalue weighted by Crippen LogP contribution is 2.34. The minimum Gasteiger partial charge on any atom is -0.341 e. The van der Waals surface area contributed by atoms with E-state index in [0.717, 1.165) is 32.7 Å². The molecule has 26 heavy (non-hydrogen) atoms. The molecule has 0 aliphatic carbocycles. The van der Waals surface area contributed by atoms with Crippen LogP contribution in [-0.4, -0.2) is 35.6 Å². The Balaban J connectivity index is 1.82. The minimum absolute atomic E-state index is 0.519. The van der Waals surface area contributed by atoms with E-state index in [0.29, 0.717) is 12.0 Å². The van der Waals surface area contributed by atoms with Crippen LogP contribution in [0.5, 0.6) is 0 Å². The first kappa shape index (κ1) is 17.6. The maximum atomic E-state index is 3.49. The van der Waals surface area contributed by atoms with Gasteiger partial charge in [-0.25, -0.2) is 0 Å². The van der Waals surface area contributed by atoms with Crippen LogP contribution in [0.3, 0.4) is 0 Å². The van der Waals surface area contributed by atoms with Crippen molar-refractivity contribution in [3.8, 4) is 0 Å². The Bertz CT molecular complexity index is 887. The third-order valence-corrected chi connectivity index (χ3v) is 5.78. The van der Waals surface area contributed by atoms with Crippen molar-refractivity contribution in [3.05, 3.63) is 48.0 Å². The summed E-state index contributed by atoms with van der Waals surface area (Å²) in [6.45, 7) is 12.4. The van der Waals surface area contributed by atoms with E-state index in [1.807, 2.05) is 0 Å². The molecule has 0 amide bonds. The molecule has 0 radical (unpaired) electrons. The molecule has 1 aromatic heterocycles. The molecule has 138 valence electrons. The predicted molar refractivity (Wildman–Crippen MR) is 112 cm³/mol. The molecular weight excluding hydrogens is 318 g/mol. The molecule has 1 N–H and O–H groups in total. The molecule has 1 fully saturated rings. The molecule has 0 spiro atoms. The van der Waals surface area contributed by atoms with Gasteiger partial charge in [-0.15, -0.1) is 0 Å². The summed E-state index contributed by atoms with van der Waals surface area (Å²) in [5, 5.41) is 6.28. The fraction of sp³-hybridized carbons (Fsp3) is 0.478. The average Bonchev–Trinajstić information content (AvgIpc) is 2.99. The first-order valence-electron chi connectivity index (χ1n) is 10.1. The molecular formula is C23H31N3. The van der Waals surface area contributed by atoms with Crippen molar-refractivity contribution >= 4 is 21.8 Å². The maximum absolute atomic E-state index is 3.49. The van der Waals surface area contributed by atoms with Gasteiger partial charge in [0, 0.05) is 60.6 Å². The topological polar surface area (TPSA) is 20.2 Å². The van der Waals surface area contributed by atoms with E-state index in [1.54, 1.807) is 0 Å². The van der Waals surface area contributed by atoms with Crippen LogP contribution in [0.4, 0.5) is 0 Å². The molecule has 1 aliphatic heterocycles. The molecule has 2 aromatic carbocycles. The second kappa shape index (κ2) is 7.42. The number of benzene rings is 2. The van der Waals surface area contributed by atoms with E-state index in [-0.39, 0.29) is 0 Å². The zero-order valence-corrected chi connectivity index (χ0v) is 16.3. The van der Waals surface area contributed by atoms with Crippen molar-refractivity contribution in [2.24, 2.45) is 5.92 Å². The molecule has 0 unspecified atom stereocenters. The number of nitrogens with zero attached hydrogens (tertiary/aromatic N) is 2. The lowest BCUT2D eigenvalue weighted by molar-refractivity contribution is 0.154. The van der Waals surface area contributed by atoms with Gasteiger partial charge >= 0.3 is 0 Å². The Morgan fingerprint density at radius 3 is 2.42 bits per heavy atom. The molecule has 1 atom stereocenters. The van der Waals surface area contributed by atoms with Gasteiger partial charge in [-0.05, 0) is 43.0 Å². The van der Waals surface area contributed by atoms with Crippen molar-refractivity contribution in [2.45, 2.75) is 39.8 Å². The SMILES string of the molecule is CCn1c2ccccc2c2cc([C@@H](CC(C)C)N3CCNCC3)ccc21. The Kier molecular flexibility index (Phi) is 5.01. The molecule has 2 heterocycles. The number of nitrogens with one attached hydrogen (secondary N) is 1. The number of hydrogen-bond donors (Lipinski definition) is 1. The summed E-state index contributed by atoms with van der Waals surface area (Å²) >= 11 is 0. The number of aryl methyl sites for hydroxylation is 1. The summed E-state index contributed by atoms with van der Waals surface area (Å²) in [4.78, 5) is 2.68. The summed E-state index contributed by atoms with van der Waals surface area (Å²) < 4.78 is 2.44. The molecule has 1 saturated heterocycles. The normalized spacial score (nSPS) is 17.4. The first-order valence-corrected chi connectivity index (χ1v) is 10.1. The molecule has 3 aromatic rings. The Hall–Kier alpha value is -1.84. The van der Waals surface area contributed by atoms with Crippen LogP contribution in [0, 0.1) is 5.92 Å². The van der Waals surface area contributed by atoms with Crippen molar-refractivity contribution in [1.29, 1.82) is 0 Å². The average molecular weight is 350 g/mol. The number of rotatable bonds is 5. The van der Waals surface area contributed by atoms with Crippen LogP contribution in [-0.2, 0) is 6.54 Å². The lowest BCUT2D eigenvalue weighted by Crippen LogP contribution is -2.45. The third kappa shape index (κ3) is 3.15. The van der Waals surface area contributed by atoms with Crippen LogP contribution < -0.4 is 5.32 Å². The van der Waals surface area contributed by atoms with Crippen molar-refractivity contribution in [2.75, 3.05) is 26.2 Å². The highest BCUT2D eigenvalue weighted by molar-refractivity contribution is 6.08. The van der Waals surface area contributed by atoms with Gasteiger partial charge in [-0.1, -0.05) is 38.1 Å². The second-order valence-corrected chi connectivity index (χ2v) is 7.97. The monoisotopic (exact) mass is 349 g/mol. The second-order valence-electron chi connectivity index (χ2n) is 7.97. The quantitative estimate of drug-likeness (QED) is 0.713. The molecule has 3 nitrogen and oxygen atoms in total. The van der Waals surface area contributed by atoms with Gasteiger partial charge in [0.25, 0.3) is 0 Å². The number of fused-ring (bicyclic) bond motifs is 3. The van der Waals surface area contributed by atoms with Crippen LogP contribution >= 0.6 is 0 Å². The fourth-order valence-corrected chi connectivity index (χ4v) is 4.56. The summed E-state index contributed by atoms with van der Waals surface area (Å²) in [7, 11) is 0. The van der Waals surface area contributed by atoms with Crippen molar-refractivity contribution < 1.29 is 0 Å². The summed E-state index contributed by atoms with van der Waals surface area (Å²) in [6, 6.07) is 16.6. The van der Waals surface area contributed by atoms with Gasteiger partial charge in [-0.2, -0.15) is 0 Å². The first-order chi connectivity index (χ1) is 12.7. The maximum Gasteiger partial charge on any atom is 0.0491 e. The summed E-state index contributed by atoms with van der Waals surface area (Å²) in [6.07, 6.45) is 1.22. The van der Waals surface area contributed by atoms with Crippen LogP contribution in [0.1, 0.15) is 38.8 Å². The predicted octanol–water partition coefficient (Wildman–Crippen LogP) is 4.81. The van der Waals surface area contributed by atoms with Crippen LogP contribution in [0.25, 0.3) is 21.8 Å². The Morgan fingerprint density at radius 2 is 1.69 bits per heavy atom. The highest BCUT2D eigenvalue weighted by atomic mass is 15.2. The number of piperazine rings is 1. The standard InChI is InChI=1S/C23H31N3/c1-4-26-21-8-6-5-7-19(21)20-16-18(9-10-22(20)26)23(15-17(2)3)25-13-11-24-12-14-25/h5-10,16-17,23-24H,4,11-15H2,1-3H3/t23-/m1/s1. The Labute approximate surface area is 157 Å². The van der Waals surface area contributed by atoms with E-state index in [1.165, 1.54) is 33.8 Å². The van der Waals surface area contributed by atoms with Gasteiger partial charge in [0.05, 0.1) is 0 Å². The largest absolute Gasteiger partial charge is 0.341 e. The summed E-state index contributed by atoms with van der Waals surface area (Å²) in [5.41, 5.74) is 4.19. The molecule has 1 aliphatic rings. The minimum atomic E-state index is 0.519. The van der Waals surface area contributed by atoms with Crippen molar-refractivity contribution in [1.82, 2.24) is 14.8 Å². The van der Waals surface area contributed by atoms with Gasteiger partial charge in [-0.3, -0.25) is 4.90 Å². The fourth-order valence-electron chi connectivity index (χ4n) is 4.56. The molecule has 4 rings (SSSR count). The van der Waals surface area contributed by atoms with Crippen LogP contribution in [0.15, 0.2) is 42.5 Å². The third-order valence-electron chi connectivity index (χ3n) is 5.78. The van der Waals surface area contributed by atoms with Gasteiger partial charge < -0.3 is 9.88 Å². The van der Waals surface area contributed by atoms with E-state index < -0.39 is 0 Å². The smallest absolute Gasteiger partial charge is 0.0491 e. The molecule has 0 saturated carbocycles. The van der Waals surface area contributed by atoms with E-state index in [2.05, 4.69) is 78.0 Å². The van der Waals surface area contributed by atoms with E-state index in [4.69, 9.17) is 0 Å². The lowest BCUT2D eigenvalue weighted by atomic mass is 9.94. The molecule has 3 heteroatoms. The van der Waals surface area contributed by atoms with E-state index >= 15 is 0 Å². The number of para-hydroxylation sites is 1. The van der Waals surface area contributed by atoms with Gasteiger partial charge in [0.15, 0.2) is 0 Å². The number of hydrogen-bond acceptors (Lipinski definition) is 2. The van der Waals surface area contributed by atoms with Gasteiger partial charge in [0.1, 0.15) is 0 Å². The molecule has 0 bridgehead atoms.